The molecule has 3 rings (SSSR count). The molecule has 3 fully saturated rings. The van der Waals surface area contributed by atoms with Crippen molar-refractivity contribution in [1.82, 2.24) is 10.2 Å². The lowest BCUT2D eigenvalue weighted by atomic mass is 9.86. The van der Waals surface area contributed by atoms with Crippen LogP contribution in [0.4, 0.5) is 0 Å². The fraction of sp³-hybridized carbons (Fsp3) is 0.882. The number of hydrogen-bond acceptors (Lipinski definition) is 2. The van der Waals surface area contributed by atoms with Gasteiger partial charge in [0.2, 0.25) is 11.8 Å². The zero-order chi connectivity index (χ0) is 15.2. The van der Waals surface area contributed by atoms with Crippen molar-refractivity contribution in [3.8, 4) is 0 Å². The number of piperazine rings is 1. The molecule has 0 aromatic heterocycles. The zero-order valence-electron chi connectivity index (χ0n) is 13.5. The van der Waals surface area contributed by atoms with E-state index in [1.165, 1.54) is 12.8 Å². The molecule has 1 saturated heterocycles. The van der Waals surface area contributed by atoms with E-state index in [0.29, 0.717) is 11.8 Å². The highest BCUT2D eigenvalue weighted by atomic mass is 16.2. The van der Waals surface area contributed by atoms with E-state index in [4.69, 9.17) is 0 Å². The van der Waals surface area contributed by atoms with Gasteiger partial charge in [0.25, 0.3) is 0 Å². The van der Waals surface area contributed by atoms with Gasteiger partial charge < -0.3 is 10.2 Å². The average molecular weight is 292 g/mol. The summed E-state index contributed by atoms with van der Waals surface area (Å²) in [6.07, 6.45) is 7.40. The predicted octanol–water partition coefficient (Wildman–Crippen LogP) is 2.47. The lowest BCUT2D eigenvalue weighted by Crippen LogP contribution is -2.71. The van der Waals surface area contributed by atoms with Gasteiger partial charge in [0, 0.05) is 6.04 Å². The molecule has 2 unspecified atom stereocenters. The number of amides is 2. The molecule has 3 aliphatic rings. The third kappa shape index (κ3) is 2.58. The Morgan fingerprint density at radius 3 is 2.33 bits per heavy atom. The Bertz CT molecular complexity index is 438. The number of nitrogens with zero attached hydrogens (tertiary/aromatic N) is 1. The maximum atomic E-state index is 13.2. The van der Waals surface area contributed by atoms with Gasteiger partial charge in [-0.3, -0.25) is 9.59 Å². The fourth-order valence-electron chi connectivity index (χ4n) is 4.14. The van der Waals surface area contributed by atoms with Crippen molar-refractivity contribution in [3.63, 3.8) is 0 Å². The third-order valence-corrected chi connectivity index (χ3v) is 5.51. The van der Waals surface area contributed by atoms with Crippen molar-refractivity contribution < 1.29 is 9.59 Å². The lowest BCUT2D eigenvalue weighted by molar-refractivity contribution is -0.159. The van der Waals surface area contributed by atoms with Crippen LogP contribution in [0.15, 0.2) is 0 Å². The minimum Gasteiger partial charge on any atom is -0.340 e. The summed E-state index contributed by atoms with van der Waals surface area (Å²) in [5.41, 5.74) is -0.646. The molecule has 0 radical (unpaired) electrons. The summed E-state index contributed by atoms with van der Waals surface area (Å²) in [6.45, 7) is 6.19. The Hall–Kier alpha value is -1.06. The van der Waals surface area contributed by atoms with Crippen LogP contribution in [0.5, 0.6) is 0 Å². The second-order valence-electron chi connectivity index (χ2n) is 7.76. The van der Waals surface area contributed by atoms with Gasteiger partial charge in [-0.2, -0.15) is 0 Å². The van der Waals surface area contributed by atoms with Crippen LogP contribution in [0.25, 0.3) is 0 Å². The van der Waals surface area contributed by atoms with Crippen LogP contribution in [0, 0.1) is 11.8 Å². The van der Waals surface area contributed by atoms with Crippen molar-refractivity contribution >= 4 is 11.8 Å². The molecule has 1 aliphatic heterocycles. The molecule has 2 atom stereocenters. The van der Waals surface area contributed by atoms with Crippen molar-refractivity contribution in [3.05, 3.63) is 0 Å². The predicted molar refractivity (Wildman–Crippen MR) is 81.6 cm³/mol. The highest BCUT2D eigenvalue weighted by molar-refractivity contribution is 6.00. The molecule has 0 aromatic carbocycles. The number of nitrogens with one attached hydrogen (secondary N) is 1. The Morgan fingerprint density at radius 2 is 1.81 bits per heavy atom. The first-order valence-electron chi connectivity index (χ1n) is 8.58. The van der Waals surface area contributed by atoms with Crippen molar-refractivity contribution in [1.29, 1.82) is 0 Å². The monoisotopic (exact) mass is 292 g/mol. The summed E-state index contributed by atoms with van der Waals surface area (Å²) >= 11 is 0. The standard InChI is InChI=1S/C17H28N2O2/c1-11(2)10-14-15(20)18-17(3,12-8-9-12)16(21)19(14)13-6-4-5-7-13/h11-14H,4-10H2,1-3H3,(H,18,20). The molecule has 0 aromatic rings. The summed E-state index contributed by atoms with van der Waals surface area (Å²) in [6, 6.07) is 0.0257. The molecule has 4 heteroatoms. The van der Waals surface area contributed by atoms with Crippen molar-refractivity contribution in [2.75, 3.05) is 0 Å². The number of carbonyl (C=O) groups excluding carboxylic acids is 2. The average Bonchev–Trinajstić information content (AvgIpc) is 3.14. The fourth-order valence-corrected chi connectivity index (χ4v) is 4.14. The van der Waals surface area contributed by atoms with E-state index in [1.807, 2.05) is 11.8 Å². The lowest BCUT2D eigenvalue weighted by Gasteiger charge is -2.47. The molecule has 4 nitrogen and oxygen atoms in total. The van der Waals surface area contributed by atoms with E-state index in [9.17, 15) is 9.59 Å². The smallest absolute Gasteiger partial charge is 0.249 e. The van der Waals surface area contributed by atoms with Crippen LogP contribution < -0.4 is 5.32 Å². The van der Waals surface area contributed by atoms with Crippen molar-refractivity contribution in [2.24, 2.45) is 11.8 Å². The number of carbonyl (C=O) groups is 2. The summed E-state index contributed by atoms with van der Waals surface area (Å²) in [5, 5.41) is 3.08. The Kier molecular flexibility index (Phi) is 3.74. The number of rotatable bonds is 4. The van der Waals surface area contributed by atoms with Crippen LogP contribution in [-0.2, 0) is 9.59 Å². The first-order chi connectivity index (χ1) is 9.93. The maximum absolute atomic E-state index is 13.2. The quantitative estimate of drug-likeness (QED) is 0.865. The molecular formula is C17H28N2O2. The molecule has 21 heavy (non-hydrogen) atoms. The van der Waals surface area contributed by atoms with E-state index >= 15 is 0 Å². The second kappa shape index (κ2) is 5.29. The van der Waals surface area contributed by atoms with Gasteiger partial charge in [-0.05, 0) is 50.9 Å². The van der Waals surface area contributed by atoms with Gasteiger partial charge in [0.05, 0.1) is 0 Å². The molecule has 1 N–H and O–H groups in total. The van der Waals surface area contributed by atoms with Gasteiger partial charge in [-0.1, -0.05) is 26.7 Å². The summed E-state index contributed by atoms with van der Waals surface area (Å²) in [4.78, 5) is 27.8. The molecule has 0 spiro atoms. The first-order valence-corrected chi connectivity index (χ1v) is 8.58. The van der Waals surface area contributed by atoms with Crippen LogP contribution in [0.3, 0.4) is 0 Å². The second-order valence-corrected chi connectivity index (χ2v) is 7.76. The Morgan fingerprint density at radius 1 is 1.19 bits per heavy atom. The van der Waals surface area contributed by atoms with E-state index in [1.54, 1.807) is 0 Å². The van der Waals surface area contributed by atoms with E-state index in [0.717, 1.165) is 32.1 Å². The minimum atomic E-state index is -0.646. The Labute approximate surface area is 127 Å². The minimum absolute atomic E-state index is 0.0737. The molecule has 2 amide bonds. The van der Waals surface area contributed by atoms with Gasteiger partial charge in [-0.25, -0.2) is 0 Å². The molecule has 1 heterocycles. The third-order valence-electron chi connectivity index (χ3n) is 5.51. The SMILES string of the molecule is CC(C)CC1C(=O)NC(C)(C2CC2)C(=O)N1C1CCCC1. The van der Waals surface area contributed by atoms with Gasteiger partial charge in [-0.15, -0.1) is 0 Å². The normalized spacial score (nSPS) is 34.7. The molecule has 2 aliphatic carbocycles. The first kappa shape index (κ1) is 14.9. The van der Waals surface area contributed by atoms with Crippen LogP contribution in [0.2, 0.25) is 0 Å². The maximum Gasteiger partial charge on any atom is 0.249 e. The molecule has 2 saturated carbocycles. The van der Waals surface area contributed by atoms with Crippen LogP contribution >= 0.6 is 0 Å². The van der Waals surface area contributed by atoms with E-state index < -0.39 is 5.54 Å². The van der Waals surface area contributed by atoms with Gasteiger partial charge in [0.1, 0.15) is 11.6 Å². The zero-order valence-corrected chi connectivity index (χ0v) is 13.5. The van der Waals surface area contributed by atoms with Crippen LogP contribution in [0.1, 0.15) is 65.7 Å². The molecule has 118 valence electrons. The molecular weight excluding hydrogens is 264 g/mol. The topological polar surface area (TPSA) is 49.4 Å². The highest BCUT2D eigenvalue weighted by Crippen LogP contribution is 2.44. The number of hydrogen-bond donors (Lipinski definition) is 1. The van der Waals surface area contributed by atoms with Crippen molar-refractivity contribution in [2.45, 2.75) is 83.3 Å². The van der Waals surface area contributed by atoms with E-state index in [-0.39, 0.29) is 23.9 Å². The van der Waals surface area contributed by atoms with Gasteiger partial charge >= 0.3 is 0 Å². The highest BCUT2D eigenvalue weighted by Gasteiger charge is 2.56. The van der Waals surface area contributed by atoms with Crippen LogP contribution in [-0.4, -0.2) is 34.3 Å². The van der Waals surface area contributed by atoms with E-state index in [2.05, 4.69) is 19.2 Å². The molecule has 0 bridgehead atoms. The summed E-state index contributed by atoms with van der Waals surface area (Å²) < 4.78 is 0. The summed E-state index contributed by atoms with van der Waals surface area (Å²) in [7, 11) is 0. The largest absolute Gasteiger partial charge is 0.340 e. The van der Waals surface area contributed by atoms with Gasteiger partial charge in [0.15, 0.2) is 0 Å². The summed E-state index contributed by atoms with van der Waals surface area (Å²) in [5.74, 6) is 1.02. The Balaban J connectivity index is 1.89.